The summed E-state index contributed by atoms with van der Waals surface area (Å²) in [4.78, 5) is 35.9. The van der Waals surface area contributed by atoms with Crippen molar-refractivity contribution >= 4 is 11.9 Å². The fourth-order valence-corrected chi connectivity index (χ4v) is 6.54. The first kappa shape index (κ1) is 31.0. The molecule has 0 aromatic heterocycles. The zero-order valence-electron chi connectivity index (χ0n) is 24.1. The van der Waals surface area contributed by atoms with Gasteiger partial charge in [-0.15, -0.1) is 5.06 Å². The summed E-state index contributed by atoms with van der Waals surface area (Å²) in [7, 11) is 0. The van der Waals surface area contributed by atoms with Gasteiger partial charge < -0.3 is 15.1 Å². The molecule has 2 N–H and O–H groups in total. The lowest BCUT2D eigenvalue weighted by atomic mass is 9.79. The minimum atomic E-state index is -0.738. The molecule has 0 radical (unpaired) electrons. The summed E-state index contributed by atoms with van der Waals surface area (Å²) < 4.78 is 0. The van der Waals surface area contributed by atoms with Crippen LogP contribution in [0.3, 0.4) is 0 Å². The number of carbonyl (C=O) groups is 2. The second-order valence-electron chi connectivity index (χ2n) is 13.5. The van der Waals surface area contributed by atoms with Crippen molar-refractivity contribution in [2.45, 2.75) is 167 Å². The standard InChI is InChI=1S/C28H52N2O6/c1-25(2)17-21(31)18-26(3,4)29(25)35-22-19-27(5,6)30(28(7,8)20-22)36-24(34)16-14-12-10-9-11-13-15-23(32)33/h21-22,31H,9-20H2,1-8H3,(H,32,33). The predicted octanol–water partition coefficient (Wildman–Crippen LogP) is 5.62. The van der Waals surface area contributed by atoms with E-state index in [1.165, 1.54) is 0 Å². The van der Waals surface area contributed by atoms with E-state index >= 15 is 0 Å². The molecule has 0 bridgehead atoms. The molecule has 0 unspecified atom stereocenters. The fraction of sp³-hybridized carbons (Fsp3) is 0.929. The van der Waals surface area contributed by atoms with Gasteiger partial charge in [0.05, 0.1) is 23.3 Å². The summed E-state index contributed by atoms with van der Waals surface area (Å²) >= 11 is 0. The minimum absolute atomic E-state index is 0.0279. The van der Waals surface area contributed by atoms with Gasteiger partial charge >= 0.3 is 11.9 Å². The predicted molar refractivity (Wildman–Crippen MR) is 140 cm³/mol. The number of carboxylic acid groups (broad SMARTS) is 1. The lowest BCUT2D eigenvalue weighted by Crippen LogP contribution is -2.66. The molecule has 8 nitrogen and oxygen atoms in total. The maximum atomic E-state index is 12.7. The van der Waals surface area contributed by atoms with Crippen molar-refractivity contribution < 1.29 is 29.5 Å². The van der Waals surface area contributed by atoms with Crippen LogP contribution in [0.2, 0.25) is 0 Å². The Bertz CT molecular complexity index is 712. The van der Waals surface area contributed by atoms with Gasteiger partial charge in [-0.3, -0.25) is 14.4 Å². The van der Waals surface area contributed by atoms with Crippen LogP contribution in [-0.4, -0.2) is 66.6 Å². The summed E-state index contributed by atoms with van der Waals surface area (Å²) in [5.41, 5.74) is -1.35. The number of aliphatic carboxylic acids is 1. The Labute approximate surface area is 218 Å². The van der Waals surface area contributed by atoms with Crippen LogP contribution in [-0.2, 0) is 19.3 Å². The van der Waals surface area contributed by atoms with Gasteiger partial charge in [0.15, 0.2) is 0 Å². The molecule has 2 aliphatic rings. The van der Waals surface area contributed by atoms with Gasteiger partial charge in [0, 0.05) is 23.9 Å². The average Bonchev–Trinajstić information content (AvgIpc) is 2.68. The number of aliphatic hydroxyl groups excluding tert-OH is 1. The summed E-state index contributed by atoms with van der Waals surface area (Å²) in [6.07, 6.45) is 8.42. The number of carboxylic acids is 1. The fourth-order valence-electron chi connectivity index (χ4n) is 6.54. The molecule has 0 atom stereocenters. The topological polar surface area (TPSA) is 99.5 Å². The Morgan fingerprint density at radius 1 is 0.694 bits per heavy atom. The molecule has 0 aromatic rings. The van der Waals surface area contributed by atoms with E-state index < -0.39 is 17.0 Å². The molecule has 2 rings (SSSR count). The largest absolute Gasteiger partial charge is 0.481 e. The van der Waals surface area contributed by atoms with Crippen molar-refractivity contribution in [3.63, 3.8) is 0 Å². The van der Waals surface area contributed by atoms with Crippen LogP contribution >= 0.6 is 0 Å². The number of hydrogen-bond acceptors (Lipinski definition) is 7. The van der Waals surface area contributed by atoms with Crippen LogP contribution in [0.1, 0.15) is 132 Å². The molecule has 2 saturated heterocycles. The van der Waals surface area contributed by atoms with E-state index in [1.54, 1.807) is 0 Å². The van der Waals surface area contributed by atoms with Gasteiger partial charge in [-0.1, -0.05) is 25.7 Å². The van der Waals surface area contributed by atoms with Crippen molar-refractivity contribution in [2.75, 3.05) is 0 Å². The Kier molecular flexibility index (Phi) is 10.4. The molecule has 0 amide bonds. The first-order valence-electron chi connectivity index (χ1n) is 13.8. The molecule has 36 heavy (non-hydrogen) atoms. The maximum absolute atomic E-state index is 12.7. The molecule has 8 heteroatoms. The molecule has 0 saturated carbocycles. The van der Waals surface area contributed by atoms with Gasteiger partial charge in [-0.05, 0) is 93.9 Å². The molecule has 2 aliphatic heterocycles. The Morgan fingerprint density at radius 3 is 1.58 bits per heavy atom. The van der Waals surface area contributed by atoms with Crippen molar-refractivity contribution in [3.8, 4) is 0 Å². The second kappa shape index (κ2) is 12.1. The third-order valence-corrected chi connectivity index (χ3v) is 7.59. The van der Waals surface area contributed by atoms with E-state index in [4.69, 9.17) is 14.8 Å². The summed E-state index contributed by atoms with van der Waals surface area (Å²) in [6.45, 7) is 16.9. The quantitative estimate of drug-likeness (QED) is 0.325. The van der Waals surface area contributed by atoms with Crippen molar-refractivity contribution in [1.29, 1.82) is 0 Å². The molecular formula is C28H52N2O6. The van der Waals surface area contributed by atoms with E-state index in [0.29, 0.717) is 19.3 Å². The van der Waals surface area contributed by atoms with E-state index in [1.807, 2.05) is 5.06 Å². The van der Waals surface area contributed by atoms with Crippen LogP contribution in [0.4, 0.5) is 0 Å². The van der Waals surface area contributed by atoms with Crippen LogP contribution in [0.15, 0.2) is 0 Å². The number of aliphatic hydroxyl groups is 1. The number of hydrogen-bond donors (Lipinski definition) is 2. The summed E-state index contributed by atoms with van der Waals surface area (Å²) in [6, 6.07) is 0. The average molecular weight is 513 g/mol. The zero-order chi connectivity index (χ0) is 27.4. The lowest BCUT2D eigenvalue weighted by molar-refractivity contribution is -0.345. The Morgan fingerprint density at radius 2 is 1.11 bits per heavy atom. The molecule has 2 heterocycles. The molecular weight excluding hydrogens is 460 g/mol. The monoisotopic (exact) mass is 512 g/mol. The summed E-state index contributed by atoms with van der Waals surface area (Å²) in [5, 5.41) is 23.0. The van der Waals surface area contributed by atoms with Gasteiger partial charge in [-0.2, -0.15) is 5.06 Å². The minimum Gasteiger partial charge on any atom is -0.481 e. The Balaban J connectivity index is 1.88. The first-order chi connectivity index (χ1) is 16.5. The van der Waals surface area contributed by atoms with Gasteiger partial charge in [-0.25, -0.2) is 0 Å². The van der Waals surface area contributed by atoms with Crippen molar-refractivity contribution in [3.05, 3.63) is 0 Å². The van der Waals surface area contributed by atoms with E-state index in [0.717, 1.165) is 51.4 Å². The van der Waals surface area contributed by atoms with Crippen LogP contribution in [0.5, 0.6) is 0 Å². The third kappa shape index (κ3) is 8.67. The smallest absolute Gasteiger partial charge is 0.325 e. The zero-order valence-corrected chi connectivity index (χ0v) is 24.1. The van der Waals surface area contributed by atoms with Gasteiger partial charge in [0.25, 0.3) is 0 Å². The molecule has 2 fully saturated rings. The highest BCUT2D eigenvalue weighted by Crippen LogP contribution is 2.44. The number of unbranched alkanes of at least 4 members (excludes halogenated alkanes) is 5. The van der Waals surface area contributed by atoms with E-state index in [9.17, 15) is 14.7 Å². The number of nitrogens with zero attached hydrogens (tertiary/aromatic N) is 2. The number of carbonyl (C=O) groups excluding carboxylic acids is 1. The van der Waals surface area contributed by atoms with Gasteiger partial charge in [0.1, 0.15) is 0 Å². The van der Waals surface area contributed by atoms with Gasteiger partial charge in [0.2, 0.25) is 0 Å². The highest BCUT2D eigenvalue weighted by Gasteiger charge is 2.52. The number of piperidine rings is 2. The molecule has 0 spiro atoms. The molecule has 0 aromatic carbocycles. The van der Waals surface area contributed by atoms with Crippen LogP contribution < -0.4 is 0 Å². The van der Waals surface area contributed by atoms with E-state index in [2.05, 4.69) is 60.5 Å². The first-order valence-corrected chi connectivity index (χ1v) is 13.8. The number of hydroxylamine groups is 4. The van der Waals surface area contributed by atoms with Crippen molar-refractivity contribution in [1.82, 2.24) is 10.1 Å². The normalized spacial score (nSPS) is 24.5. The van der Waals surface area contributed by atoms with Crippen molar-refractivity contribution in [2.24, 2.45) is 0 Å². The third-order valence-electron chi connectivity index (χ3n) is 7.59. The number of rotatable bonds is 12. The molecule has 210 valence electrons. The Hall–Kier alpha value is -1.22. The van der Waals surface area contributed by atoms with Crippen LogP contribution in [0.25, 0.3) is 0 Å². The second-order valence-corrected chi connectivity index (χ2v) is 13.5. The molecule has 0 aliphatic carbocycles. The van der Waals surface area contributed by atoms with Crippen LogP contribution in [0, 0.1) is 0 Å². The highest BCUT2D eigenvalue weighted by molar-refractivity contribution is 5.69. The highest BCUT2D eigenvalue weighted by atomic mass is 16.7. The maximum Gasteiger partial charge on any atom is 0.325 e. The SMILES string of the molecule is CC1(C)CC(ON2C(C)(C)CC(O)CC2(C)C)CC(C)(C)N1OC(=O)CCCCCCCCC(=O)O. The lowest BCUT2D eigenvalue weighted by Gasteiger charge is -2.57. The summed E-state index contributed by atoms with van der Waals surface area (Å²) in [5.74, 6) is -0.938. The van der Waals surface area contributed by atoms with E-state index in [-0.39, 0.29) is 35.7 Å².